The van der Waals surface area contributed by atoms with E-state index < -0.39 is 0 Å². The molecule has 1 heterocycles. The Kier molecular flexibility index (Phi) is 6.85. The zero-order valence-electron chi connectivity index (χ0n) is 15.5. The van der Waals surface area contributed by atoms with Crippen molar-refractivity contribution in [2.75, 3.05) is 16.8 Å². The van der Waals surface area contributed by atoms with Gasteiger partial charge in [-0.2, -0.15) is 0 Å². The topological polar surface area (TPSA) is 81.4 Å². The molecule has 0 aliphatic carbocycles. The number of ether oxygens (including phenoxy) is 1. The second-order valence-electron chi connectivity index (χ2n) is 6.97. The van der Waals surface area contributed by atoms with E-state index in [4.69, 9.17) is 9.26 Å². The summed E-state index contributed by atoms with van der Waals surface area (Å²) in [7, 11) is 0. The first kappa shape index (κ1) is 20.0. The summed E-state index contributed by atoms with van der Waals surface area (Å²) in [4.78, 5) is 23.5. The molecule has 0 unspecified atom stereocenters. The number of carbonyl (C=O) groups excluding carboxylic acids is 2. The maximum absolute atomic E-state index is 11.8. The van der Waals surface area contributed by atoms with Crippen molar-refractivity contribution in [3.05, 3.63) is 47.2 Å². The predicted molar refractivity (Wildman–Crippen MR) is 102 cm³/mol. The van der Waals surface area contributed by atoms with Crippen molar-refractivity contribution in [3.63, 3.8) is 0 Å². The van der Waals surface area contributed by atoms with Crippen LogP contribution in [0.2, 0.25) is 0 Å². The van der Waals surface area contributed by atoms with Crippen molar-refractivity contribution < 1.29 is 18.8 Å². The molecule has 2 aromatic rings. The minimum absolute atomic E-state index is 0.0943. The average Bonchev–Trinajstić information content (AvgIpc) is 2.97. The molecule has 1 N–H and O–H groups in total. The molecule has 0 spiro atoms. The second kappa shape index (κ2) is 8.89. The number of nitrogens with one attached hydrogen (secondary N) is 1. The highest BCUT2D eigenvalue weighted by Crippen LogP contribution is 2.22. The molecule has 7 heteroatoms. The van der Waals surface area contributed by atoms with Crippen molar-refractivity contribution in [3.8, 4) is 0 Å². The van der Waals surface area contributed by atoms with Crippen LogP contribution in [0.15, 0.2) is 34.9 Å². The molecule has 0 aliphatic heterocycles. The van der Waals surface area contributed by atoms with Crippen LogP contribution in [0, 0.1) is 6.92 Å². The first-order valence-electron chi connectivity index (χ1n) is 8.30. The lowest BCUT2D eigenvalue weighted by Gasteiger charge is -2.19. The van der Waals surface area contributed by atoms with Crippen molar-refractivity contribution in [1.82, 2.24) is 5.16 Å². The number of aryl methyl sites for hydroxylation is 1. The summed E-state index contributed by atoms with van der Waals surface area (Å²) in [6, 6.07) is 9.66. The Bertz CT molecular complexity index is 748. The molecule has 1 aromatic carbocycles. The van der Waals surface area contributed by atoms with Crippen LogP contribution >= 0.6 is 11.8 Å². The number of amides is 1. The Labute approximate surface area is 157 Å². The number of benzene rings is 1. The molecule has 0 radical (unpaired) electrons. The van der Waals surface area contributed by atoms with E-state index in [1.165, 1.54) is 17.3 Å². The maximum Gasteiger partial charge on any atom is 0.316 e. The third-order valence-corrected chi connectivity index (χ3v) is 4.47. The molecule has 0 bridgehead atoms. The van der Waals surface area contributed by atoms with Crippen LogP contribution in [0.4, 0.5) is 5.82 Å². The van der Waals surface area contributed by atoms with Crippen LogP contribution in [0.5, 0.6) is 0 Å². The summed E-state index contributed by atoms with van der Waals surface area (Å²) in [6.45, 7) is 8.43. The van der Waals surface area contributed by atoms with Crippen molar-refractivity contribution in [2.45, 2.75) is 39.7 Å². The molecular weight excluding hydrogens is 352 g/mol. The number of aromatic nitrogens is 1. The first-order chi connectivity index (χ1) is 12.2. The molecular formula is C19H24N2O4S. The Hall–Kier alpha value is -2.28. The highest BCUT2D eigenvalue weighted by atomic mass is 32.2. The smallest absolute Gasteiger partial charge is 0.316 e. The molecule has 0 aliphatic rings. The highest BCUT2D eigenvalue weighted by molar-refractivity contribution is 8.00. The summed E-state index contributed by atoms with van der Waals surface area (Å²) >= 11 is 1.19. The molecule has 6 nitrogen and oxygen atoms in total. The van der Waals surface area contributed by atoms with Crippen molar-refractivity contribution in [1.29, 1.82) is 0 Å². The Morgan fingerprint density at radius 3 is 2.46 bits per heavy atom. The van der Waals surface area contributed by atoms with Gasteiger partial charge >= 0.3 is 5.97 Å². The van der Waals surface area contributed by atoms with Crippen LogP contribution in [0.1, 0.15) is 37.7 Å². The number of hydrogen-bond acceptors (Lipinski definition) is 6. The third-order valence-electron chi connectivity index (χ3n) is 3.57. The maximum atomic E-state index is 11.8. The number of nitrogens with zero attached hydrogens (tertiary/aromatic N) is 1. The summed E-state index contributed by atoms with van der Waals surface area (Å²) in [5, 5.41) is 6.27. The molecule has 0 fully saturated rings. The average molecular weight is 376 g/mol. The van der Waals surface area contributed by atoms with Gasteiger partial charge in [0.25, 0.3) is 0 Å². The van der Waals surface area contributed by atoms with Gasteiger partial charge in [0.2, 0.25) is 5.91 Å². The lowest BCUT2D eigenvalue weighted by Crippen LogP contribution is -2.16. The number of hydrogen-bond donors (Lipinski definition) is 1. The number of anilines is 1. The standard InChI is InChI=1S/C19H24N2O4S/c1-13-9-16(21-25-13)20-17(22)11-26-12-18(23)24-10-14-5-7-15(8-6-14)19(2,3)4/h5-9H,10-12H2,1-4H3,(H,20,21,22). The van der Waals surface area contributed by atoms with E-state index >= 15 is 0 Å². The lowest BCUT2D eigenvalue weighted by atomic mass is 9.87. The van der Waals surface area contributed by atoms with Gasteiger partial charge in [0, 0.05) is 6.07 Å². The predicted octanol–water partition coefficient (Wildman–Crippen LogP) is 3.70. The molecule has 1 amide bonds. The van der Waals surface area contributed by atoms with E-state index in [1.54, 1.807) is 13.0 Å². The van der Waals surface area contributed by atoms with Gasteiger partial charge in [-0.25, -0.2) is 0 Å². The number of rotatable bonds is 7. The van der Waals surface area contributed by atoms with Gasteiger partial charge in [-0.05, 0) is 23.5 Å². The van der Waals surface area contributed by atoms with Gasteiger partial charge in [-0.1, -0.05) is 50.2 Å². The second-order valence-corrected chi connectivity index (χ2v) is 7.96. The summed E-state index contributed by atoms with van der Waals surface area (Å²) in [5.74, 6) is 0.655. The van der Waals surface area contributed by atoms with Crippen LogP contribution in [-0.4, -0.2) is 28.5 Å². The van der Waals surface area contributed by atoms with Crippen LogP contribution in [0.25, 0.3) is 0 Å². The largest absolute Gasteiger partial charge is 0.460 e. The van der Waals surface area contributed by atoms with Crippen molar-refractivity contribution >= 4 is 29.5 Å². The molecule has 1 aromatic heterocycles. The van der Waals surface area contributed by atoms with Crippen LogP contribution in [0.3, 0.4) is 0 Å². The van der Waals surface area contributed by atoms with E-state index in [-0.39, 0.29) is 35.4 Å². The number of esters is 1. The zero-order valence-corrected chi connectivity index (χ0v) is 16.3. The van der Waals surface area contributed by atoms with Crippen LogP contribution in [-0.2, 0) is 26.3 Å². The Morgan fingerprint density at radius 2 is 1.88 bits per heavy atom. The monoisotopic (exact) mass is 376 g/mol. The van der Waals surface area contributed by atoms with E-state index in [2.05, 4.69) is 31.2 Å². The third kappa shape index (κ3) is 6.55. The first-order valence-corrected chi connectivity index (χ1v) is 9.45. The molecule has 140 valence electrons. The molecule has 0 saturated carbocycles. The summed E-state index contributed by atoms with van der Waals surface area (Å²) in [5.41, 5.74) is 2.27. The molecule has 26 heavy (non-hydrogen) atoms. The van der Waals surface area contributed by atoms with E-state index in [0.717, 1.165) is 5.56 Å². The summed E-state index contributed by atoms with van der Waals surface area (Å²) < 4.78 is 10.1. The number of thioether (sulfide) groups is 1. The Balaban J connectivity index is 1.66. The van der Waals surface area contributed by atoms with Gasteiger partial charge in [0.15, 0.2) is 5.82 Å². The summed E-state index contributed by atoms with van der Waals surface area (Å²) in [6.07, 6.45) is 0. The molecule has 2 rings (SSSR count). The van der Waals surface area contributed by atoms with Crippen LogP contribution < -0.4 is 5.32 Å². The zero-order chi connectivity index (χ0) is 19.2. The Morgan fingerprint density at radius 1 is 1.19 bits per heavy atom. The van der Waals surface area contributed by atoms with Crippen molar-refractivity contribution in [2.24, 2.45) is 0 Å². The van der Waals surface area contributed by atoms with Gasteiger partial charge < -0.3 is 14.6 Å². The normalized spacial score (nSPS) is 11.2. The minimum Gasteiger partial charge on any atom is -0.460 e. The quantitative estimate of drug-likeness (QED) is 0.742. The SMILES string of the molecule is Cc1cc(NC(=O)CSCC(=O)OCc2ccc(C(C)(C)C)cc2)no1. The minimum atomic E-state index is -0.347. The van der Waals surface area contributed by atoms with Gasteiger partial charge in [0.05, 0.1) is 11.5 Å². The van der Waals surface area contributed by atoms with Gasteiger partial charge in [-0.15, -0.1) is 11.8 Å². The molecule has 0 saturated heterocycles. The van der Waals surface area contributed by atoms with Gasteiger partial charge in [0.1, 0.15) is 12.4 Å². The fraction of sp³-hybridized carbons (Fsp3) is 0.421. The van der Waals surface area contributed by atoms with E-state index in [9.17, 15) is 9.59 Å². The fourth-order valence-corrected chi connectivity index (χ4v) is 2.75. The lowest BCUT2D eigenvalue weighted by molar-refractivity contribution is -0.141. The van der Waals surface area contributed by atoms with Gasteiger partial charge in [-0.3, -0.25) is 9.59 Å². The fourth-order valence-electron chi connectivity index (χ4n) is 2.14. The highest BCUT2D eigenvalue weighted by Gasteiger charge is 2.13. The van der Waals surface area contributed by atoms with E-state index in [0.29, 0.717) is 11.6 Å². The molecule has 0 atom stereocenters. The van der Waals surface area contributed by atoms with E-state index in [1.807, 2.05) is 24.3 Å². The number of carbonyl (C=O) groups is 2.